The van der Waals surface area contributed by atoms with Crippen LogP contribution < -0.4 is 5.32 Å². The molecular formula is C19H18ClN3O2. The van der Waals surface area contributed by atoms with Crippen LogP contribution >= 0.6 is 11.6 Å². The van der Waals surface area contributed by atoms with Gasteiger partial charge in [-0.3, -0.25) is 9.48 Å². The number of carbonyl (C=O) groups is 1. The van der Waals surface area contributed by atoms with Gasteiger partial charge in [0, 0.05) is 16.3 Å². The zero-order valence-corrected chi connectivity index (χ0v) is 14.4. The fraction of sp³-hybridized carbons (Fsp3) is 0.263. The second-order valence-corrected chi connectivity index (χ2v) is 6.66. The van der Waals surface area contributed by atoms with Gasteiger partial charge in [-0.15, -0.1) is 0 Å². The molecule has 1 aliphatic carbocycles. The molecule has 0 aliphatic heterocycles. The lowest BCUT2D eigenvalue weighted by Gasteiger charge is -2.24. The molecule has 1 atom stereocenters. The van der Waals surface area contributed by atoms with E-state index < -0.39 is 0 Å². The third kappa shape index (κ3) is 3.33. The first-order valence-electron chi connectivity index (χ1n) is 8.34. The van der Waals surface area contributed by atoms with E-state index in [9.17, 15) is 4.79 Å². The highest BCUT2D eigenvalue weighted by Crippen LogP contribution is 2.30. The van der Waals surface area contributed by atoms with Crippen molar-refractivity contribution in [3.05, 3.63) is 76.5 Å². The highest BCUT2D eigenvalue weighted by atomic mass is 35.5. The Morgan fingerprint density at radius 1 is 1.32 bits per heavy atom. The normalized spacial score (nSPS) is 16.4. The third-order valence-electron chi connectivity index (χ3n) is 4.56. The van der Waals surface area contributed by atoms with Crippen LogP contribution in [0.15, 0.2) is 53.3 Å². The third-order valence-corrected chi connectivity index (χ3v) is 4.81. The maximum atomic E-state index is 12.3. The van der Waals surface area contributed by atoms with Crippen molar-refractivity contribution in [3.63, 3.8) is 0 Å². The summed E-state index contributed by atoms with van der Waals surface area (Å²) in [6.07, 6.45) is 6.27. The van der Waals surface area contributed by atoms with Crippen LogP contribution in [0.3, 0.4) is 0 Å². The molecule has 1 aromatic carbocycles. The van der Waals surface area contributed by atoms with E-state index in [-0.39, 0.29) is 11.9 Å². The smallest absolute Gasteiger partial charge is 0.287 e. The molecule has 0 spiro atoms. The number of hydrogen-bond donors (Lipinski definition) is 1. The number of furan rings is 1. The molecule has 128 valence electrons. The number of fused-ring (bicyclic) bond motifs is 1. The lowest BCUT2D eigenvalue weighted by atomic mass is 9.93. The van der Waals surface area contributed by atoms with Gasteiger partial charge >= 0.3 is 0 Å². The predicted octanol–water partition coefficient (Wildman–Crippen LogP) is 3.99. The number of carbonyl (C=O) groups excluding carboxylic acids is 1. The molecule has 0 unspecified atom stereocenters. The van der Waals surface area contributed by atoms with Gasteiger partial charge in [-0.1, -0.05) is 23.7 Å². The highest BCUT2D eigenvalue weighted by molar-refractivity contribution is 6.30. The zero-order chi connectivity index (χ0) is 17.2. The van der Waals surface area contributed by atoms with Gasteiger partial charge in [-0.25, -0.2) is 0 Å². The Balaban J connectivity index is 1.53. The molecule has 2 heterocycles. The quantitative estimate of drug-likeness (QED) is 0.769. The second kappa shape index (κ2) is 6.76. The largest absolute Gasteiger partial charge is 0.459 e. The van der Waals surface area contributed by atoms with Crippen LogP contribution in [0.1, 0.15) is 46.3 Å². The number of nitrogens with zero attached hydrogens (tertiary/aromatic N) is 2. The van der Waals surface area contributed by atoms with Crippen molar-refractivity contribution < 1.29 is 9.21 Å². The van der Waals surface area contributed by atoms with E-state index in [1.54, 1.807) is 12.1 Å². The Morgan fingerprint density at radius 3 is 2.92 bits per heavy atom. The minimum Gasteiger partial charge on any atom is -0.459 e. The van der Waals surface area contributed by atoms with Crippen LogP contribution in [0.5, 0.6) is 0 Å². The Labute approximate surface area is 150 Å². The average molecular weight is 356 g/mol. The van der Waals surface area contributed by atoms with Gasteiger partial charge in [0.1, 0.15) is 0 Å². The predicted molar refractivity (Wildman–Crippen MR) is 94.6 cm³/mol. The van der Waals surface area contributed by atoms with E-state index in [0.717, 1.165) is 35.4 Å². The van der Waals surface area contributed by atoms with Gasteiger partial charge < -0.3 is 9.73 Å². The summed E-state index contributed by atoms with van der Waals surface area (Å²) in [5.74, 6) is 0.147. The van der Waals surface area contributed by atoms with Crippen molar-refractivity contribution >= 4 is 17.5 Å². The number of nitrogens with one attached hydrogen (secondary N) is 1. The monoisotopic (exact) mass is 355 g/mol. The summed E-state index contributed by atoms with van der Waals surface area (Å²) >= 11 is 5.95. The number of rotatable bonds is 4. The van der Waals surface area contributed by atoms with Gasteiger partial charge in [0.2, 0.25) is 0 Å². The summed E-state index contributed by atoms with van der Waals surface area (Å²) in [5, 5.41) is 8.33. The number of amides is 1. The maximum Gasteiger partial charge on any atom is 0.287 e. The minimum absolute atomic E-state index is 0.0275. The second-order valence-electron chi connectivity index (χ2n) is 6.23. The van der Waals surface area contributed by atoms with Gasteiger partial charge in [-0.2, -0.15) is 5.10 Å². The van der Waals surface area contributed by atoms with Crippen molar-refractivity contribution in [1.29, 1.82) is 0 Å². The van der Waals surface area contributed by atoms with Crippen molar-refractivity contribution in [2.45, 2.75) is 31.8 Å². The molecule has 0 bridgehead atoms. The molecule has 4 rings (SSSR count). The lowest BCUT2D eigenvalue weighted by molar-refractivity contribution is 0.0904. The first kappa shape index (κ1) is 16.0. The molecule has 0 fully saturated rings. The van der Waals surface area contributed by atoms with Crippen molar-refractivity contribution in [2.75, 3.05) is 0 Å². The van der Waals surface area contributed by atoms with Gasteiger partial charge in [0.25, 0.3) is 5.91 Å². The van der Waals surface area contributed by atoms with Crippen molar-refractivity contribution in [3.8, 4) is 0 Å². The molecule has 25 heavy (non-hydrogen) atoms. The standard InChI is InChI=1S/C19H18ClN3O2/c20-14-8-6-13(7-9-14)12-23-17-4-1-3-16(15(17)11-21-23)22-19(24)18-5-2-10-25-18/h2,5-11,16H,1,3-4,12H2,(H,22,24)/t16-/m1/s1. The van der Waals surface area contributed by atoms with Crippen LogP contribution in [0.25, 0.3) is 0 Å². The molecule has 0 radical (unpaired) electrons. The Bertz CT molecular complexity index is 869. The molecular weight excluding hydrogens is 338 g/mol. The molecule has 5 nitrogen and oxygen atoms in total. The molecule has 6 heteroatoms. The summed E-state index contributed by atoms with van der Waals surface area (Å²) in [4.78, 5) is 12.3. The molecule has 1 aliphatic rings. The average Bonchev–Trinajstić information content (AvgIpc) is 3.28. The Kier molecular flexibility index (Phi) is 4.32. The van der Waals surface area contributed by atoms with E-state index in [1.807, 2.05) is 35.1 Å². The maximum absolute atomic E-state index is 12.3. The molecule has 0 saturated carbocycles. The number of hydrogen-bond acceptors (Lipinski definition) is 3. The van der Waals surface area contributed by atoms with E-state index in [1.165, 1.54) is 12.0 Å². The Morgan fingerprint density at radius 2 is 2.16 bits per heavy atom. The van der Waals surface area contributed by atoms with E-state index >= 15 is 0 Å². The van der Waals surface area contributed by atoms with Crippen LogP contribution in [0.2, 0.25) is 5.02 Å². The fourth-order valence-electron chi connectivity index (χ4n) is 3.30. The summed E-state index contributed by atoms with van der Waals surface area (Å²) in [6, 6.07) is 11.2. The Hall–Kier alpha value is -2.53. The fourth-order valence-corrected chi connectivity index (χ4v) is 3.43. The minimum atomic E-state index is -0.187. The zero-order valence-electron chi connectivity index (χ0n) is 13.6. The van der Waals surface area contributed by atoms with E-state index in [2.05, 4.69) is 10.4 Å². The number of benzene rings is 1. The first-order valence-corrected chi connectivity index (χ1v) is 8.72. The first-order chi connectivity index (χ1) is 12.2. The van der Waals surface area contributed by atoms with E-state index in [4.69, 9.17) is 16.0 Å². The molecule has 1 N–H and O–H groups in total. The molecule has 0 saturated heterocycles. The summed E-state index contributed by atoms with van der Waals surface area (Å²) in [7, 11) is 0. The van der Waals surface area contributed by atoms with Gasteiger partial charge in [0.15, 0.2) is 5.76 Å². The summed E-state index contributed by atoms with van der Waals surface area (Å²) in [6.45, 7) is 0.700. The topological polar surface area (TPSA) is 60.1 Å². The van der Waals surface area contributed by atoms with Crippen LogP contribution in [-0.2, 0) is 13.0 Å². The van der Waals surface area contributed by atoms with Crippen LogP contribution in [-0.4, -0.2) is 15.7 Å². The molecule has 1 amide bonds. The summed E-state index contributed by atoms with van der Waals surface area (Å²) < 4.78 is 7.19. The number of halogens is 1. The van der Waals surface area contributed by atoms with Crippen LogP contribution in [0.4, 0.5) is 0 Å². The highest BCUT2D eigenvalue weighted by Gasteiger charge is 2.26. The molecule has 3 aromatic rings. The van der Waals surface area contributed by atoms with E-state index in [0.29, 0.717) is 12.3 Å². The van der Waals surface area contributed by atoms with Crippen molar-refractivity contribution in [2.24, 2.45) is 0 Å². The van der Waals surface area contributed by atoms with Crippen molar-refractivity contribution in [1.82, 2.24) is 15.1 Å². The lowest BCUT2D eigenvalue weighted by Crippen LogP contribution is -2.30. The van der Waals surface area contributed by atoms with Crippen LogP contribution in [0, 0.1) is 0 Å². The SMILES string of the molecule is O=C(N[C@@H]1CCCc2c1cnn2Cc1ccc(Cl)cc1)c1ccco1. The number of aromatic nitrogens is 2. The molecule has 2 aromatic heterocycles. The van der Waals surface area contributed by atoms with Gasteiger partial charge in [-0.05, 0) is 49.1 Å². The van der Waals surface area contributed by atoms with Gasteiger partial charge in [0.05, 0.1) is 25.0 Å². The summed E-state index contributed by atoms with van der Waals surface area (Å²) in [5.41, 5.74) is 3.43.